The van der Waals surface area contributed by atoms with Gasteiger partial charge in [0.2, 0.25) is 5.82 Å². The molecule has 1 aromatic heterocycles. The number of ether oxygens (including phenoxy) is 1. The summed E-state index contributed by atoms with van der Waals surface area (Å²) in [4.78, 5) is 16.2. The van der Waals surface area contributed by atoms with E-state index in [1.165, 1.54) is 25.0 Å². The van der Waals surface area contributed by atoms with Gasteiger partial charge in [-0.3, -0.25) is 10.1 Å². The van der Waals surface area contributed by atoms with Crippen LogP contribution in [0.15, 0.2) is 12.1 Å². The minimum Gasteiger partial charge on any atom is -0.384 e. The van der Waals surface area contributed by atoms with Crippen LogP contribution in [0.5, 0.6) is 0 Å². The molecule has 1 aliphatic rings. The maximum Gasteiger partial charge on any atom is 0.311 e. The van der Waals surface area contributed by atoms with Gasteiger partial charge in [0.15, 0.2) is 0 Å². The van der Waals surface area contributed by atoms with E-state index in [1.54, 1.807) is 11.9 Å². The Bertz CT molecular complexity index is 462. The molecule has 0 unspecified atom stereocenters. The molecule has 0 amide bonds. The summed E-state index contributed by atoms with van der Waals surface area (Å²) in [6, 6.07) is 2.80. The lowest BCUT2D eigenvalue weighted by atomic mass is 10.3. The number of anilines is 2. The highest BCUT2D eigenvalue weighted by Gasteiger charge is 2.22. The fourth-order valence-corrected chi connectivity index (χ4v) is 1.72. The van der Waals surface area contributed by atoms with E-state index in [0.717, 1.165) is 6.61 Å². The molecule has 1 saturated carbocycles. The highest BCUT2D eigenvalue weighted by molar-refractivity contribution is 5.60. The molecule has 7 nitrogen and oxygen atoms in total. The second-order valence-electron chi connectivity index (χ2n) is 4.78. The van der Waals surface area contributed by atoms with E-state index >= 15 is 0 Å². The number of hydrogen-bond acceptors (Lipinski definition) is 6. The van der Waals surface area contributed by atoms with Gasteiger partial charge >= 0.3 is 5.69 Å². The van der Waals surface area contributed by atoms with Crippen molar-refractivity contribution in [2.45, 2.75) is 12.8 Å². The van der Waals surface area contributed by atoms with E-state index in [4.69, 9.17) is 10.5 Å². The van der Waals surface area contributed by atoms with Crippen molar-refractivity contribution in [3.8, 4) is 0 Å². The maximum atomic E-state index is 10.9. The van der Waals surface area contributed by atoms with Crippen LogP contribution in [0.1, 0.15) is 12.8 Å². The summed E-state index contributed by atoms with van der Waals surface area (Å²) in [6.45, 7) is 1.85. The summed E-state index contributed by atoms with van der Waals surface area (Å²) < 4.78 is 5.51. The average Bonchev–Trinajstić information content (AvgIpc) is 3.18. The van der Waals surface area contributed by atoms with E-state index in [-0.39, 0.29) is 17.3 Å². The van der Waals surface area contributed by atoms with Gasteiger partial charge in [-0.05, 0) is 24.8 Å². The molecule has 1 aliphatic carbocycles. The van der Waals surface area contributed by atoms with Crippen molar-refractivity contribution < 1.29 is 9.66 Å². The van der Waals surface area contributed by atoms with Crippen molar-refractivity contribution in [2.75, 3.05) is 37.4 Å². The van der Waals surface area contributed by atoms with Crippen molar-refractivity contribution >= 4 is 17.3 Å². The molecule has 1 fully saturated rings. The third-order valence-corrected chi connectivity index (χ3v) is 3.06. The molecule has 104 valence electrons. The van der Waals surface area contributed by atoms with Crippen LogP contribution in [0.2, 0.25) is 0 Å². The summed E-state index contributed by atoms with van der Waals surface area (Å²) in [6.07, 6.45) is 2.50. The Morgan fingerprint density at radius 3 is 2.95 bits per heavy atom. The predicted octanol–water partition coefficient (Wildman–Crippen LogP) is 1.43. The Balaban J connectivity index is 1.93. The third-order valence-electron chi connectivity index (χ3n) is 3.06. The van der Waals surface area contributed by atoms with Gasteiger partial charge < -0.3 is 15.4 Å². The van der Waals surface area contributed by atoms with E-state index in [0.29, 0.717) is 19.1 Å². The Labute approximate surface area is 111 Å². The number of likely N-dealkylation sites (N-methyl/N-ethyl adjacent to an activating group) is 1. The number of rotatable bonds is 7. The zero-order chi connectivity index (χ0) is 13.8. The lowest BCUT2D eigenvalue weighted by molar-refractivity contribution is -0.384. The lowest BCUT2D eigenvalue weighted by Gasteiger charge is -2.18. The Hall–Kier alpha value is -1.89. The molecule has 1 heterocycles. The number of nitrogen functional groups attached to an aromatic ring is 1. The van der Waals surface area contributed by atoms with E-state index in [9.17, 15) is 10.1 Å². The molecular formula is C12H18N4O3. The van der Waals surface area contributed by atoms with Gasteiger partial charge in [0.05, 0.1) is 11.5 Å². The van der Waals surface area contributed by atoms with Crippen LogP contribution in [0.25, 0.3) is 0 Å². The quantitative estimate of drug-likeness (QED) is 0.456. The van der Waals surface area contributed by atoms with Crippen LogP contribution in [-0.2, 0) is 4.74 Å². The number of nitro groups is 1. The molecule has 0 aliphatic heterocycles. The molecule has 0 aromatic carbocycles. The Morgan fingerprint density at radius 2 is 2.32 bits per heavy atom. The first-order valence-corrected chi connectivity index (χ1v) is 6.27. The van der Waals surface area contributed by atoms with E-state index in [1.807, 2.05) is 0 Å². The Kier molecular flexibility index (Phi) is 4.16. The molecular weight excluding hydrogens is 248 g/mol. The number of nitrogens with zero attached hydrogens (tertiary/aromatic N) is 3. The third kappa shape index (κ3) is 3.78. The van der Waals surface area contributed by atoms with Crippen LogP contribution in [-0.4, -0.2) is 36.7 Å². The topological polar surface area (TPSA) is 94.5 Å². The Morgan fingerprint density at radius 1 is 1.58 bits per heavy atom. The van der Waals surface area contributed by atoms with Gasteiger partial charge in [-0.25, -0.2) is 4.98 Å². The van der Waals surface area contributed by atoms with Crippen LogP contribution in [0.4, 0.5) is 17.3 Å². The first-order chi connectivity index (χ1) is 9.08. The van der Waals surface area contributed by atoms with Crippen molar-refractivity contribution in [2.24, 2.45) is 5.92 Å². The summed E-state index contributed by atoms with van der Waals surface area (Å²) in [5, 5.41) is 10.9. The first-order valence-electron chi connectivity index (χ1n) is 6.27. The van der Waals surface area contributed by atoms with Crippen LogP contribution < -0.4 is 10.6 Å². The molecule has 2 rings (SSSR count). The molecule has 2 N–H and O–H groups in total. The number of aromatic nitrogens is 1. The zero-order valence-corrected chi connectivity index (χ0v) is 10.9. The second-order valence-corrected chi connectivity index (χ2v) is 4.78. The number of nitrogens with two attached hydrogens (primary N) is 1. The summed E-state index contributed by atoms with van der Waals surface area (Å²) in [7, 11) is 1.75. The SMILES string of the molecule is CN(CCOCC1CC1)c1nc(N)ccc1[N+](=O)[O-]. The molecule has 0 atom stereocenters. The predicted molar refractivity (Wildman–Crippen MR) is 72.1 cm³/mol. The molecule has 0 radical (unpaired) electrons. The summed E-state index contributed by atoms with van der Waals surface area (Å²) >= 11 is 0. The van der Waals surface area contributed by atoms with Gasteiger partial charge in [-0.15, -0.1) is 0 Å². The zero-order valence-electron chi connectivity index (χ0n) is 10.9. The fraction of sp³-hybridized carbons (Fsp3) is 0.583. The first kappa shape index (κ1) is 13.5. The smallest absolute Gasteiger partial charge is 0.311 e. The maximum absolute atomic E-state index is 10.9. The van der Waals surface area contributed by atoms with Crippen LogP contribution >= 0.6 is 0 Å². The highest BCUT2D eigenvalue weighted by atomic mass is 16.6. The normalized spacial score (nSPS) is 14.4. The minimum absolute atomic E-state index is 0.0427. The standard InChI is InChI=1S/C12H18N4O3/c1-15(6-7-19-8-9-2-3-9)12-10(16(17)18)4-5-11(13)14-12/h4-5,9H,2-3,6-8H2,1H3,(H2,13,14). The summed E-state index contributed by atoms with van der Waals surface area (Å²) in [5.41, 5.74) is 5.53. The molecule has 1 aromatic rings. The number of hydrogen-bond donors (Lipinski definition) is 1. The molecule has 0 spiro atoms. The van der Waals surface area contributed by atoms with Gasteiger partial charge in [-0.1, -0.05) is 0 Å². The monoisotopic (exact) mass is 266 g/mol. The molecule has 0 saturated heterocycles. The summed E-state index contributed by atoms with van der Waals surface area (Å²) in [5.74, 6) is 1.26. The average molecular weight is 266 g/mol. The van der Waals surface area contributed by atoms with Gasteiger partial charge in [0.25, 0.3) is 0 Å². The van der Waals surface area contributed by atoms with Crippen molar-refractivity contribution in [3.63, 3.8) is 0 Å². The van der Waals surface area contributed by atoms with E-state index < -0.39 is 4.92 Å². The molecule has 7 heteroatoms. The van der Waals surface area contributed by atoms with Crippen molar-refractivity contribution in [3.05, 3.63) is 22.2 Å². The minimum atomic E-state index is -0.455. The fourth-order valence-electron chi connectivity index (χ4n) is 1.72. The van der Waals surface area contributed by atoms with Crippen LogP contribution in [0, 0.1) is 16.0 Å². The van der Waals surface area contributed by atoms with Gasteiger partial charge in [0.1, 0.15) is 5.82 Å². The molecule has 0 bridgehead atoms. The number of pyridine rings is 1. The van der Waals surface area contributed by atoms with Gasteiger partial charge in [0, 0.05) is 26.3 Å². The lowest BCUT2D eigenvalue weighted by Crippen LogP contribution is -2.25. The highest BCUT2D eigenvalue weighted by Crippen LogP contribution is 2.29. The van der Waals surface area contributed by atoms with Crippen molar-refractivity contribution in [1.82, 2.24) is 4.98 Å². The van der Waals surface area contributed by atoms with Crippen molar-refractivity contribution in [1.29, 1.82) is 0 Å². The second kappa shape index (κ2) is 5.83. The van der Waals surface area contributed by atoms with E-state index in [2.05, 4.69) is 4.98 Å². The largest absolute Gasteiger partial charge is 0.384 e. The molecule has 19 heavy (non-hydrogen) atoms. The van der Waals surface area contributed by atoms with Crippen LogP contribution in [0.3, 0.4) is 0 Å². The van der Waals surface area contributed by atoms with Gasteiger partial charge in [-0.2, -0.15) is 0 Å².